The van der Waals surface area contributed by atoms with Crippen molar-refractivity contribution in [2.45, 2.75) is 39.3 Å². The molecule has 1 atom stereocenters. The number of nitrogens with zero attached hydrogens (tertiary/aromatic N) is 3. The molecule has 160 valence electrons. The van der Waals surface area contributed by atoms with Crippen molar-refractivity contribution in [3.8, 4) is 0 Å². The van der Waals surface area contributed by atoms with Crippen LogP contribution in [0.2, 0.25) is 5.02 Å². The van der Waals surface area contributed by atoms with Crippen molar-refractivity contribution in [3.05, 3.63) is 51.9 Å². The molecule has 3 rings (SSSR count). The van der Waals surface area contributed by atoms with Crippen LogP contribution in [0.5, 0.6) is 0 Å². The van der Waals surface area contributed by atoms with Gasteiger partial charge in [-0.05, 0) is 51.9 Å². The standard InChI is InChI=1S/C20H27ClFN5O.HI/c1-13-14(2)28-18(26-13)12-25-20(23-3)24-11-17(27-9-4-5-10-27)19-15(21)7-6-8-16(19)22;/h6-8,17H,4-5,9-12H2,1-3H3,(H2,23,24,25);1H. The smallest absolute Gasteiger partial charge is 0.214 e. The first kappa shape index (κ1) is 23.9. The van der Waals surface area contributed by atoms with Gasteiger partial charge in [-0.15, -0.1) is 24.0 Å². The Hall–Kier alpha value is -1.39. The van der Waals surface area contributed by atoms with Gasteiger partial charge in [0, 0.05) is 24.2 Å². The molecule has 1 saturated heterocycles. The van der Waals surface area contributed by atoms with Gasteiger partial charge in [-0.1, -0.05) is 17.7 Å². The molecular formula is C20H28ClFIN5O. The number of aromatic nitrogens is 1. The van der Waals surface area contributed by atoms with Crippen LogP contribution in [0, 0.1) is 19.7 Å². The summed E-state index contributed by atoms with van der Waals surface area (Å²) in [6.07, 6.45) is 2.22. The molecule has 2 heterocycles. The van der Waals surface area contributed by atoms with Crippen molar-refractivity contribution in [1.29, 1.82) is 0 Å². The van der Waals surface area contributed by atoms with E-state index in [4.69, 9.17) is 16.0 Å². The van der Waals surface area contributed by atoms with Gasteiger partial charge in [0.1, 0.15) is 11.6 Å². The third-order valence-corrected chi connectivity index (χ3v) is 5.41. The summed E-state index contributed by atoms with van der Waals surface area (Å²) in [6.45, 7) is 6.56. The van der Waals surface area contributed by atoms with Crippen LogP contribution in [0.4, 0.5) is 4.39 Å². The van der Waals surface area contributed by atoms with E-state index < -0.39 is 0 Å². The predicted molar refractivity (Wildman–Crippen MR) is 125 cm³/mol. The third kappa shape index (κ3) is 6.05. The van der Waals surface area contributed by atoms with Crippen LogP contribution in [0.25, 0.3) is 0 Å². The van der Waals surface area contributed by atoms with E-state index in [0.717, 1.165) is 37.4 Å². The van der Waals surface area contributed by atoms with E-state index in [9.17, 15) is 4.39 Å². The van der Waals surface area contributed by atoms with Gasteiger partial charge in [0.15, 0.2) is 5.96 Å². The molecule has 1 fully saturated rings. The van der Waals surface area contributed by atoms with Gasteiger partial charge in [-0.2, -0.15) is 0 Å². The van der Waals surface area contributed by atoms with Crippen LogP contribution in [-0.4, -0.2) is 42.5 Å². The highest BCUT2D eigenvalue weighted by Crippen LogP contribution is 2.31. The van der Waals surface area contributed by atoms with E-state index in [2.05, 4.69) is 25.5 Å². The lowest BCUT2D eigenvalue weighted by molar-refractivity contribution is 0.240. The number of guanidine groups is 1. The number of halogens is 3. The first-order chi connectivity index (χ1) is 13.5. The second-order valence-electron chi connectivity index (χ2n) is 6.95. The van der Waals surface area contributed by atoms with Crippen LogP contribution in [0.3, 0.4) is 0 Å². The Kier molecular flexibility index (Phi) is 9.16. The number of likely N-dealkylation sites (tertiary alicyclic amines) is 1. The fourth-order valence-electron chi connectivity index (χ4n) is 3.48. The maximum Gasteiger partial charge on any atom is 0.214 e. The van der Waals surface area contributed by atoms with Crippen molar-refractivity contribution in [2.75, 3.05) is 26.7 Å². The number of benzene rings is 1. The summed E-state index contributed by atoms with van der Waals surface area (Å²) in [5.41, 5.74) is 1.41. The first-order valence-electron chi connectivity index (χ1n) is 9.55. The van der Waals surface area contributed by atoms with Gasteiger partial charge in [0.25, 0.3) is 0 Å². The number of hydrogen-bond acceptors (Lipinski definition) is 4. The highest BCUT2D eigenvalue weighted by molar-refractivity contribution is 14.0. The number of rotatable bonds is 6. The molecule has 1 aliphatic rings. The molecule has 1 aromatic heterocycles. The molecule has 0 amide bonds. The Balaban J connectivity index is 0.00000300. The number of hydrogen-bond donors (Lipinski definition) is 2. The maximum absolute atomic E-state index is 14.6. The monoisotopic (exact) mass is 535 g/mol. The maximum atomic E-state index is 14.6. The first-order valence-corrected chi connectivity index (χ1v) is 9.92. The van der Waals surface area contributed by atoms with Crippen LogP contribution in [-0.2, 0) is 6.54 Å². The van der Waals surface area contributed by atoms with Crippen LogP contribution in [0.1, 0.15) is 41.8 Å². The van der Waals surface area contributed by atoms with Crippen LogP contribution < -0.4 is 10.6 Å². The Morgan fingerprint density at radius 1 is 1.31 bits per heavy atom. The summed E-state index contributed by atoms with van der Waals surface area (Å²) < 4.78 is 20.1. The minimum Gasteiger partial charge on any atom is -0.444 e. The fourth-order valence-corrected chi connectivity index (χ4v) is 3.77. The summed E-state index contributed by atoms with van der Waals surface area (Å²) in [7, 11) is 1.70. The Morgan fingerprint density at radius 2 is 2.03 bits per heavy atom. The summed E-state index contributed by atoms with van der Waals surface area (Å²) in [5.74, 6) is 1.74. The quantitative estimate of drug-likeness (QED) is 0.330. The molecular weight excluding hydrogens is 508 g/mol. The molecule has 1 unspecified atom stereocenters. The SMILES string of the molecule is CN=C(NCc1nc(C)c(C)o1)NCC(c1c(F)cccc1Cl)N1CCCC1.I. The van der Waals surface area contributed by atoms with Crippen molar-refractivity contribution in [2.24, 2.45) is 4.99 Å². The summed E-state index contributed by atoms with van der Waals surface area (Å²) in [6, 6.07) is 4.67. The highest BCUT2D eigenvalue weighted by Gasteiger charge is 2.27. The molecule has 0 spiro atoms. The normalized spacial score (nSPS) is 15.8. The topological polar surface area (TPSA) is 65.7 Å². The largest absolute Gasteiger partial charge is 0.444 e. The second kappa shape index (κ2) is 11.1. The lowest BCUT2D eigenvalue weighted by Crippen LogP contribution is -2.42. The molecule has 0 aliphatic carbocycles. The lowest BCUT2D eigenvalue weighted by atomic mass is 10.0. The van der Waals surface area contributed by atoms with Crippen molar-refractivity contribution in [3.63, 3.8) is 0 Å². The number of aliphatic imine (C=N–C) groups is 1. The number of aryl methyl sites for hydroxylation is 2. The fraction of sp³-hybridized carbons (Fsp3) is 0.500. The Labute approximate surface area is 193 Å². The number of oxazole rings is 1. The van der Waals surface area contributed by atoms with Gasteiger partial charge >= 0.3 is 0 Å². The van der Waals surface area contributed by atoms with E-state index >= 15 is 0 Å². The molecule has 0 bridgehead atoms. The zero-order valence-electron chi connectivity index (χ0n) is 17.0. The van der Waals surface area contributed by atoms with Gasteiger partial charge in [0.05, 0.1) is 18.3 Å². The molecule has 0 radical (unpaired) electrons. The summed E-state index contributed by atoms with van der Waals surface area (Å²) in [4.78, 5) is 10.9. The summed E-state index contributed by atoms with van der Waals surface area (Å²) >= 11 is 6.35. The van der Waals surface area contributed by atoms with E-state index in [1.807, 2.05) is 13.8 Å². The van der Waals surface area contributed by atoms with Gasteiger partial charge in [-0.3, -0.25) is 9.89 Å². The second-order valence-corrected chi connectivity index (χ2v) is 7.36. The zero-order chi connectivity index (χ0) is 20.1. The molecule has 29 heavy (non-hydrogen) atoms. The van der Waals surface area contributed by atoms with Gasteiger partial charge in [0.2, 0.25) is 5.89 Å². The minimum absolute atomic E-state index is 0. The minimum atomic E-state index is -0.278. The lowest BCUT2D eigenvalue weighted by Gasteiger charge is -2.29. The average molecular weight is 536 g/mol. The Bertz CT molecular complexity index is 799. The third-order valence-electron chi connectivity index (χ3n) is 5.08. The van der Waals surface area contributed by atoms with E-state index in [1.165, 1.54) is 6.07 Å². The van der Waals surface area contributed by atoms with Crippen molar-refractivity contribution in [1.82, 2.24) is 20.5 Å². The molecule has 9 heteroatoms. The molecule has 1 aromatic carbocycles. The van der Waals surface area contributed by atoms with E-state index in [1.54, 1.807) is 19.2 Å². The van der Waals surface area contributed by atoms with Gasteiger partial charge < -0.3 is 15.1 Å². The predicted octanol–water partition coefficient (Wildman–Crippen LogP) is 4.20. The van der Waals surface area contributed by atoms with Crippen LogP contribution >= 0.6 is 35.6 Å². The molecule has 0 saturated carbocycles. The van der Waals surface area contributed by atoms with E-state index in [0.29, 0.717) is 35.5 Å². The number of nitrogens with one attached hydrogen (secondary N) is 2. The molecule has 2 N–H and O–H groups in total. The highest BCUT2D eigenvalue weighted by atomic mass is 127. The molecule has 2 aromatic rings. The molecule has 1 aliphatic heterocycles. The average Bonchev–Trinajstić information content (AvgIpc) is 3.30. The van der Waals surface area contributed by atoms with Crippen molar-refractivity contribution >= 4 is 41.5 Å². The molecule has 6 nitrogen and oxygen atoms in total. The van der Waals surface area contributed by atoms with Crippen molar-refractivity contribution < 1.29 is 8.81 Å². The van der Waals surface area contributed by atoms with Gasteiger partial charge in [-0.25, -0.2) is 9.37 Å². The zero-order valence-corrected chi connectivity index (χ0v) is 20.1. The van der Waals surface area contributed by atoms with Crippen LogP contribution in [0.15, 0.2) is 27.6 Å². The summed E-state index contributed by atoms with van der Waals surface area (Å²) in [5, 5.41) is 6.94. The Morgan fingerprint density at radius 3 is 2.62 bits per heavy atom. The van der Waals surface area contributed by atoms with E-state index in [-0.39, 0.29) is 35.8 Å².